The number of aromatic nitrogens is 1. The lowest BCUT2D eigenvalue weighted by atomic mass is 10.0. The number of nitrogens with two attached hydrogens (primary N) is 2. The summed E-state index contributed by atoms with van der Waals surface area (Å²) in [5.41, 5.74) is 12.8. The third kappa shape index (κ3) is 4.67. The molecule has 31 heavy (non-hydrogen) atoms. The standard InChI is InChI=1S/C22H24FN5O2S/c23-14-5-3-13(4-6-14)10-17(24)22(30)28-9-1-2-18(28)21(29)27-12-15-11-16-19(31-15)7-8-26-20(16)25/h3-8,11,17-18H,1-2,9-10,12,24H2,(H2,25,26)(H,27,29)/t17-,18+/m1/s1. The van der Waals surface area contributed by atoms with Gasteiger partial charge < -0.3 is 21.7 Å². The van der Waals surface area contributed by atoms with Gasteiger partial charge in [0.2, 0.25) is 11.8 Å². The molecule has 4 rings (SSSR count). The summed E-state index contributed by atoms with van der Waals surface area (Å²) in [7, 11) is 0. The van der Waals surface area contributed by atoms with Crippen molar-refractivity contribution in [3.05, 3.63) is 58.9 Å². The van der Waals surface area contributed by atoms with Crippen molar-refractivity contribution in [1.82, 2.24) is 15.2 Å². The van der Waals surface area contributed by atoms with Gasteiger partial charge in [0.1, 0.15) is 17.7 Å². The van der Waals surface area contributed by atoms with Crippen molar-refractivity contribution in [2.24, 2.45) is 5.73 Å². The van der Waals surface area contributed by atoms with Crippen molar-refractivity contribution in [2.45, 2.75) is 37.9 Å². The number of thiophene rings is 1. The summed E-state index contributed by atoms with van der Waals surface area (Å²) < 4.78 is 14.1. The lowest BCUT2D eigenvalue weighted by molar-refractivity contribution is -0.139. The highest BCUT2D eigenvalue weighted by molar-refractivity contribution is 7.19. The molecule has 0 aliphatic carbocycles. The van der Waals surface area contributed by atoms with Crippen molar-refractivity contribution in [2.75, 3.05) is 12.3 Å². The summed E-state index contributed by atoms with van der Waals surface area (Å²) in [4.78, 5) is 32.3. The van der Waals surface area contributed by atoms with Gasteiger partial charge in [-0.3, -0.25) is 9.59 Å². The largest absolute Gasteiger partial charge is 0.383 e. The van der Waals surface area contributed by atoms with Crippen LogP contribution in [0.25, 0.3) is 10.1 Å². The maximum absolute atomic E-state index is 13.1. The van der Waals surface area contributed by atoms with Crippen LogP contribution in [-0.4, -0.2) is 40.3 Å². The molecule has 7 nitrogen and oxygen atoms in total. The maximum atomic E-state index is 13.1. The molecule has 1 fully saturated rings. The van der Waals surface area contributed by atoms with Gasteiger partial charge in [-0.15, -0.1) is 11.3 Å². The van der Waals surface area contributed by atoms with E-state index < -0.39 is 12.1 Å². The van der Waals surface area contributed by atoms with E-state index >= 15 is 0 Å². The monoisotopic (exact) mass is 441 g/mol. The van der Waals surface area contributed by atoms with Crippen LogP contribution in [0.15, 0.2) is 42.6 Å². The Balaban J connectivity index is 1.37. The first-order valence-corrected chi connectivity index (χ1v) is 10.9. The van der Waals surface area contributed by atoms with Crippen molar-refractivity contribution in [3.8, 4) is 0 Å². The average Bonchev–Trinajstić information content (AvgIpc) is 3.41. The second-order valence-electron chi connectivity index (χ2n) is 7.67. The lowest BCUT2D eigenvalue weighted by Gasteiger charge is -2.26. The van der Waals surface area contributed by atoms with Crippen molar-refractivity contribution < 1.29 is 14.0 Å². The Labute approximate surface area is 183 Å². The van der Waals surface area contributed by atoms with E-state index in [9.17, 15) is 14.0 Å². The van der Waals surface area contributed by atoms with E-state index in [2.05, 4.69) is 10.3 Å². The highest BCUT2D eigenvalue weighted by atomic mass is 32.1. The van der Waals surface area contributed by atoms with Gasteiger partial charge in [0.05, 0.1) is 12.6 Å². The first kappa shape index (κ1) is 21.2. The van der Waals surface area contributed by atoms with Crippen molar-refractivity contribution in [3.63, 3.8) is 0 Å². The summed E-state index contributed by atoms with van der Waals surface area (Å²) in [5, 5.41) is 3.81. The number of nitrogens with zero attached hydrogens (tertiary/aromatic N) is 2. The molecule has 5 N–H and O–H groups in total. The molecule has 0 unspecified atom stereocenters. The molecule has 162 valence electrons. The zero-order chi connectivity index (χ0) is 22.0. The van der Waals surface area contributed by atoms with Gasteiger partial charge in [0, 0.05) is 27.7 Å². The number of benzene rings is 1. The smallest absolute Gasteiger partial charge is 0.243 e. The Bertz CT molecular complexity index is 1100. The summed E-state index contributed by atoms with van der Waals surface area (Å²) in [6.45, 7) is 0.858. The molecular weight excluding hydrogens is 417 g/mol. The lowest BCUT2D eigenvalue weighted by Crippen LogP contribution is -2.51. The minimum atomic E-state index is -0.781. The van der Waals surface area contributed by atoms with E-state index in [0.29, 0.717) is 31.7 Å². The second-order valence-corrected chi connectivity index (χ2v) is 8.83. The first-order valence-electron chi connectivity index (χ1n) is 10.1. The fraction of sp³-hybridized carbons (Fsp3) is 0.318. The molecule has 1 saturated heterocycles. The summed E-state index contributed by atoms with van der Waals surface area (Å²) in [5.74, 6) is -0.322. The summed E-state index contributed by atoms with van der Waals surface area (Å²) in [6, 6.07) is 8.42. The minimum absolute atomic E-state index is 0.191. The number of nitrogens with one attached hydrogen (secondary N) is 1. The highest BCUT2D eigenvalue weighted by Gasteiger charge is 2.36. The Morgan fingerprint density at radius 2 is 2.06 bits per heavy atom. The molecule has 2 atom stereocenters. The number of carbonyl (C=O) groups is 2. The number of anilines is 1. The Hall–Kier alpha value is -3.04. The minimum Gasteiger partial charge on any atom is -0.383 e. The van der Waals surface area contributed by atoms with E-state index in [4.69, 9.17) is 11.5 Å². The zero-order valence-electron chi connectivity index (χ0n) is 16.9. The number of rotatable bonds is 6. The van der Waals surface area contributed by atoms with Crippen LogP contribution in [0.1, 0.15) is 23.3 Å². The van der Waals surface area contributed by atoms with E-state index in [1.54, 1.807) is 34.6 Å². The van der Waals surface area contributed by atoms with Gasteiger partial charge in [-0.25, -0.2) is 9.37 Å². The van der Waals surface area contributed by atoms with E-state index in [1.807, 2.05) is 12.1 Å². The molecule has 0 saturated carbocycles. The Kier molecular flexibility index (Phi) is 6.15. The molecule has 1 aliphatic heterocycles. The number of likely N-dealkylation sites (tertiary alicyclic amines) is 1. The summed E-state index contributed by atoms with van der Waals surface area (Å²) in [6.07, 6.45) is 3.30. The number of fused-ring (bicyclic) bond motifs is 1. The molecule has 3 heterocycles. The predicted octanol–water partition coefficient (Wildman–Crippen LogP) is 2.19. The highest BCUT2D eigenvalue weighted by Crippen LogP contribution is 2.28. The summed E-state index contributed by atoms with van der Waals surface area (Å²) >= 11 is 1.55. The second kappa shape index (κ2) is 8.99. The Morgan fingerprint density at radius 3 is 2.81 bits per heavy atom. The third-order valence-corrected chi connectivity index (χ3v) is 6.59. The molecule has 2 amide bonds. The first-order chi connectivity index (χ1) is 14.9. The van der Waals surface area contributed by atoms with Crippen LogP contribution < -0.4 is 16.8 Å². The van der Waals surface area contributed by atoms with Gasteiger partial charge in [-0.05, 0) is 49.1 Å². The van der Waals surface area contributed by atoms with Crippen LogP contribution in [-0.2, 0) is 22.6 Å². The zero-order valence-corrected chi connectivity index (χ0v) is 17.7. The Morgan fingerprint density at radius 1 is 1.29 bits per heavy atom. The molecule has 3 aromatic rings. The van der Waals surface area contributed by atoms with Gasteiger partial charge in [0.25, 0.3) is 0 Å². The number of halogens is 1. The quantitative estimate of drug-likeness (QED) is 0.543. The SMILES string of the molecule is Nc1nccc2sc(CNC(=O)[C@@H]3CCCN3C(=O)[C@H](N)Cc3ccc(F)cc3)cc12. The van der Waals surface area contributed by atoms with Crippen LogP contribution >= 0.6 is 11.3 Å². The third-order valence-electron chi connectivity index (χ3n) is 5.49. The topological polar surface area (TPSA) is 114 Å². The van der Waals surface area contributed by atoms with Crippen molar-refractivity contribution in [1.29, 1.82) is 0 Å². The van der Waals surface area contributed by atoms with Crippen LogP contribution in [0.3, 0.4) is 0 Å². The predicted molar refractivity (Wildman–Crippen MR) is 119 cm³/mol. The van der Waals surface area contributed by atoms with E-state index in [1.165, 1.54) is 12.1 Å². The van der Waals surface area contributed by atoms with Gasteiger partial charge in [-0.1, -0.05) is 12.1 Å². The normalized spacial score (nSPS) is 17.1. The van der Waals surface area contributed by atoms with E-state index in [-0.39, 0.29) is 17.6 Å². The number of pyridine rings is 1. The number of hydrogen-bond donors (Lipinski definition) is 3. The van der Waals surface area contributed by atoms with Crippen molar-refractivity contribution >= 4 is 39.1 Å². The number of amides is 2. The fourth-order valence-electron chi connectivity index (χ4n) is 3.89. The fourth-order valence-corrected chi connectivity index (χ4v) is 4.90. The van der Waals surface area contributed by atoms with Gasteiger partial charge in [0.15, 0.2) is 0 Å². The van der Waals surface area contributed by atoms with Gasteiger partial charge in [-0.2, -0.15) is 0 Å². The molecular formula is C22H24FN5O2S. The molecule has 2 aromatic heterocycles. The maximum Gasteiger partial charge on any atom is 0.243 e. The van der Waals surface area contributed by atoms with Crippen LogP contribution in [0.2, 0.25) is 0 Å². The van der Waals surface area contributed by atoms with Crippen LogP contribution in [0.4, 0.5) is 10.2 Å². The molecule has 0 spiro atoms. The molecule has 1 aliphatic rings. The number of carbonyl (C=O) groups excluding carboxylic acids is 2. The molecule has 0 bridgehead atoms. The number of hydrogen-bond acceptors (Lipinski definition) is 6. The molecule has 9 heteroatoms. The van der Waals surface area contributed by atoms with E-state index in [0.717, 1.165) is 26.9 Å². The van der Waals surface area contributed by atoms with Gasteiger partial charge >= 0.3 is 0 Å². The average molecular weight is 442 g/mol. The number of nitrogen functional groups attached to an aromatic ring is 1. The van der Waals surface area contributed by atoms with Crippen LogP contribution in [0, 0.1) is 5.82 Å². The molecule has 0 radical (unpaired) electrons. The van der Waals surface area contributed by atoms with Crippen LogP contribution in [0.5, 0.6) is 0 Å². The molecule has 1 aromatic carbocycles.